The molecule has 16 heavy (non-hydrogen) atoms. The Morgan fingerprint density at radius 1 is 1.00 bits per heavy atom. The van der Waals surface area contributed by atoms with Crippen LogP contribution in [0.15, 0.2) is 0 Å². The van der Waals surface area contributed by atoms with E-state index in [0.29, 0.717) is 0 Å². The van der Waals surface area contributed by atoms with Gasteiger partial charge < -0.3 is 5.32 Å². The summed E-state index contributed by atoms with van der Waals surface area (Å²) in [5.74, 6) is 1.99. The van der Waals surface area contributed by atoms with Gasteiger partial charge in [0.2, 0.25) is 0 Å². The lowest BCUT2D eigenvalue weighted by atomic mass is 9.74. The van der Waals surface area contributed by atoms with Gasteiger partial charge in [-0.05, 0) is 44.6 Å². The van der Waals surface area contributed by atoms with Crippen LogP contribution in [0.2, 0.25) is 0 Å². The van der Waals surface area contributed by atoms with Crippen LogP contribution in [-0.4, -0.2) is 13.1 Å². The molecule has 0 aromatic rings. The lowest BCUT2D eigenvalue weighted by molar-refractivity contribution is 0.188. The highest BCUT2D eigenvalue weighted by molar-refractivity contribution is 4.83. The Bertz CT molecular complexity index is 167. The molecular formula is C15H31N. The number of unbranched alkanes of at least 4 members (excludes halogenated alkanes) is 2. The highest BCUT2D eigenvalue weighted by Crippen LogP contribution is 2.34. The molecule has 3 atom stereocenters. The molecule has 0 aromatic carbocycles. The lowest BCUT2D eigenvalue weighted by Crippen LogP contribution is -2.38. The van der Waals surface area contributed by atoms with Gasteiger partial charge >= 0.3 is 0 Å². The van der Waals surface area contributed by atoms with E-state index in [1.165, 1.54) is 57.8 Å². The monoisotopic (exact) mass is 225 g/mol. The molecule has 0 spiro atoms. The van der Waals surface area contributed by atoms with Crippen molar-refractivity contribution in [3.63, 3.8) is 0 Å². The number of hydrogen-bond donors (Lipinski definition) is 1. The molecule has 1 heteroatoms. The summed E-state index contributed by atoms with van der Waals surface area (Å²) in [7, 11) is 2.15. The van der Waals surface area contributed by atoms with Crippen LogP contribution in [0.3, 0.4) is 0 Å². The van der Waals surface area contributed by atoms with Crippen molar-refractivity contribution in [1.29, 1.82) is 0 Å². The second-order valence-corrected chi connectivity index (χ2v) is 5.62. The maximum Gasteiger partial charge on any atom is 0.00925 e. The van der Waals surface area contributed by atoms with E-state index >= 15 is 0 Å². The van der Waals surface area contributed by atoms with E-state index in [0.717, 1.165) is 17.9 Å². The predicted molar refractivity (Wildman–Crippen MR) is 72.7 cm³/mol. The average Bonchev–Trinajstić information content (AvgIpc) is 2.30. The summed E-state index contributed by atoms with van der Waals surface area (Å²) in [4.78, 5) is 0. The predicted octanol–water partition coefficient (Wildman–Crippen LogP) is 4.37. The van der Waals surface area contributed by atoms with Crippen LogP contribution in [0.1, 0.15) is 71.6 Å². The first-order valence-corrected chi connectivity index (χ1v) is 7.49. The summed E-state index contributed by atoms with van der Waals surface area (Å²) >= 11 is 0. The molecule has 1 rings (SSSR count). The maximum absolute atomic E-state index is 3.54. The Morgan fingerprint density at radius 3 is 2.44 bits per heavy atom. The maximum atomic E-state index is 3.54. The van der Waals surface area contributed by atoms with Crippen molar-refractivity contribution >= 4 is 0 Å². The molecule has 1 aliphatic carbocycles. The molecule has 1 nitrogen and oxygen atoms in total. The van der Waals surface area contributed by atoms with Gasteiger partial charge in [0, 0.05) is 6.04 Å². The summed E-state index contributed by atoms with van der Waals surface area (Å²) in [5, 5.41) is 3.54. The zero-order chi connectivity index (χ0) is 11.8. The van der Waals surface area contributed by atoms with E-state index in [4.69, 9.17) is 0 Å². The molecule has 0 radical (unpaired) electrons. The Morgan fingerprint density at radius 2 is 1.81 bits per heavy atom. The summed E-state index contributed by atoms with van der Waals surface area (Å²) in [6.45, 7) is 4.63. The zero-order valence-corrected chi connectivity index (χ0v) is 11.6. The second-order valence-electron chi connectivity index (χ2n) is 5.62. The van der Waals surface area contributed by atoms with Gasteiger partial charge in [-0.1, -0.05) is 46.0 Å². The normalized spacial score (nSPS) is 30.6. The molecule has 0 amide bonds. The standard InChI is InChI=1S/C15H31N/c1-4-6-7-9-14-12-13(8-5-2)10-11-15(14)16-3/h13-16H,4-12H2,1-3H3. The largest absolute Gasteiger partial charge is 0.317 e. The molecule has 96 valence electrons. The van der Waals surface area contributed by atoms with Gasteiger partial charge in [-0.15, -0.1) is 0 Å². The molecule has 3 unspecified atom stereocenters. The van der Waals surface area contributed by atoms with Crippen LogP contribution >= 0.6 is 0 Å². The van der Waals surface area contributed by atoms with Crippen LogP contribution in [0.5, 0.6) is 0 Å². The Balaban J connectivity index is 2.34. The molecule has 0 aromatic heterocycles. The molecule has 0 aliphatic heterocycles. The van der Waals surface area contributed by atoms with Gasteiger partial charge in [-0.25, -0.2) is 0 Å². The quantitative estimate of drug-likeness (QED) is 0.634. The summed E-state index contributed by atoms with van der Waals surface area (Å²) in [6, 6.07) is 0.810. The van der Waals surface area contributed by atoms with E-state index in [1.54, 1.807) is 0 Å². The highest BCUT2D eigenvalue weighted by atomic mass is 14.9. The van der Waals surface area contributed by atoms with E-state index in [2.05, 4.69) is 26.2 Å². The van der Waals surface area contributed by atoms with Crippen molar-refractivity contribution in [3.8, 4) is 0 Å². The number of rotatable bonds is 7. The van der Waals surface area contributed by atoms with Gasteiger partial charge in [0.15, 0.2) is 0 Å². The van der Waals surface area contributed by atoms with Crippen LogP contribution in [0.25, 0.3) is 0 Å². The molecule has 0 bridgehead atoms. The highest BCUT2D eigenvalue weighted by Gasteiger charge is 2.28. The molecule has 1 saturated carbocycles. The zero-order valence-electron chi connectivity index (χ0n) is 11.6. The van der Waals surface area contributed by atoms with Crippen molar-refractivity contribution < 1.29 is 0 Å². The number of hydrogen-bond acceptors (Lipinski definition) is 1. The van der Waals surface area contributed by atoms with Crippen LogP contribution < -0.4 is 5.32 Å². The smallest absolute Gasteiger partial charge is 0.00925 e. The van der Waals surface area contributed by atoms with Crippen molar-refractivity contribution in [2.24, 2.45) is 11.8 Å². The van der Waals surface area contributed by atoms with Crippen molar-refractivity contribution in [2.45, 2.75) is 77.7 Å². The Hall–Kier alpha value is -0.0400. The van der Waals surface area contributed by atoms with E-state index < -0.39 is 0 Å². The lowest BCUT2D eigenvalue weighted by Gasteiger charge is -2.36. The summed E-state index contributed by atoms with van der Waals surface area (Å²) in [5.41, 5.74) is 0. The fraction of sp³-hybridized carbons (Fsp3) is 1.00. The Labute approximate surface area is 102 Å². The van der Waals surface area contributed by atoms with Crippen molar-refractivity contribution in [3.05, 3.63) is 0 Å². The van der Waals surface area contributed by atoms with Gasteiger partial charge in [-0.2, -0.15) is 0 Å². The minimum Gasteiger partial charge on any atom is -0.317 e. The van der Waals surface area contributed by atoms with Crippen LogP contribution in [-0.2, 0) is 0 Å². The van der Waals surface area contributed by atoms with E-state index in [9.17, 15) is 0 Å². The number of nitrogens with one attached hydrogen (secondary N) is 1. The van der Waals surface area contributed by atoms with Gasteiger partial charge in [0.05, 0.1) is 0 Å². The molecule has 1 fully saturated rings. The molecular weight excluding hydrogens is 194 g/mol. The molecule has 1 N–H and O–H groups in total. The molecule has 0 saturated heterocycles. The molecule has 0 heterocycles. The van der Waals surface area contributed by atoms with E-state index in [-0.39, 0.29) is 0 Å². The van der Waals surface area contributed by atoms with Crippen LogP contribution in [0.4, 0.5) is 0 Å². The minimum atomic E-state index is 0.810. The van der Waals surface area contributed by atoms with Gasteiger partial charge in [0.25, 0.3) is 0 Å². The fourth-order valence-corrected chi connectivity index (χ4v) is 3.39. The van der Waals surface area contributed by atoms with Crippen molar-refractivity contribution in [2.75, 3.05) is 7.05 Å². The second kappa shape index (κ2) is 8.11. The minimum absolute atomic E-state index is 0.810. The topological polar surface area (TPSA) is 12.0 Å². The SMILES string of the molecule is CCCCCC1CC(CCC)CCC1NC. The van der Waals surface area contributed by atoms with Crippen LogP contribution in [0, 0.1) is 11.8 Å². The first-order valence-electron chi connectivity index (χ1n) is 7.49. The molecule has 1 aliphatic rings. The summed E-state index contributed by atoms with van der Waals surface area (Å²) < 4.78 is 0. The third-order valence-corrected chi connectivity index (χ3v) is 4.34. The van der Waals surface area contributed by atoms with Crippen molar-refractivity contribution in [1.82, 2.24) is 5.32 Å². The average molecular weight is 225 g/mol. The first-order chi connectivity index (χ1) is 7.81. The first kappa shape index (κ1) is 14.0. The van der Waals surface area contributed by atoms with E-state index in [1.807, 2.05) is 0 Å². The summed E-state index contributed by atoms with van der Waals surface area (Å²) in [6.07, 6.45) is 12.9. The fourth-order valence-electron chi connectivity index (χ4n) is 3.39. The third-order valence-electron chi connectivity index (χ3n) is 4.34. The third kappa shape index (κ3) is 4.45. The van der Waals surface area contributed by atoms with Gasteiger partial charge in [0.1, 0.15) is 0 Å². The Kier molecular flexibility index (Phi) is 7.11. The van der Waals surface area contributed by atoms with Gasteiger partial charge in [-0.3, -0.25) is 0 Å².